The number of benzene rings is 2. The van der Waals surface area contributed by atoms with Crippen molar-refractivity contribution in [2.45, 2.75) is 4.90 Å². The van der Waals surface area contributed by atoms with Crippen molar-refractivity contribution in [3.8, 4) is 6.07 Å². The molecule has 0 saturated heterocycles. The minimum Gasteiger partial charge on any atom is -0.397 e. The second-order valence-electron chi connectivity index (χ2n) is 4.09. The van der Waals surface area contributed by atoms with Gasteiger partial charge in [-0.3, -0.25) is 4.72 Å². The number of nitrogens with one attached hydrogen (secondary N) is 1. The number of nitriles is 1. The lowest BCUT2D eigenvalue weighted by Crippen LogP contribution is -2.14. The molecule has 0 amide bonds. The Kier molecular flexibility index (Phi) is 4.02. The van der Waals surface area contributed by atoms with Gasteiger partial charge in [-0.1, -0.05) is 11.6 Å². The molecule has 2 rings (SSSR count). The molecule has 0 atom stereocenters. The summed E-state index contributed by atoms with van der Waals surface area (Å²) < 4.78 is 39.7. The van der Waals surface area contributed by atoms with Gasteiger partial charge in [0.25, 0.3) is 10.0 Å². The van der Waals surface area contributed by atoms with Crippen molar-refractivity contribution in [2.24, 2.45) is 0 Å². The maximum atomic E-state index is 13.1. The molecule has 0 fully saturated rings. The van der Waals surface area contributed by atoms with Gasteiger partial charge in [-0.15, -0.1) is 0 Å². The molecule has 0 spiro atoms. The molecule has 0 saturated carbocycles. The van der Waals surface area contributed by atoms with E-state index in [1.54, 1.807) is 0 Å². The average Bonchev–Trinajstić information content (AvgIpc) is 2.42. The molecular weight excluding hydrogens is 317 g/mol. The number of halogens is 2. The molecule has 2 aromatic carbocycles. The predicted molar refractivity (Wildman–Crippen MR) is 77.8 cm³/mol. The Labute approximate surface area is 125 Å². The fourth-order valence-electron chi connectivity index (χ4n) is 1.57. The van der Waals surface area contributed by atoms with Gasteiger partial charge in [0.2, 0.25) is 0 Å². The topological polar surface area (TPSA) is 96.0 Å². The number of rotatable bonds is 3. The van der Waals surface area contributed by atoms with Crippen molar-refractivity contribution in [2.75, 3.05) is 10.5 Å². The first kappa shape index (κ1) is 15.1. The van der Waals surface area contributed by atoms with Gasteiger partial charge in [-0.2, -0.15) is 5.26 Å². The van der Waals surface area contributed by atoms with Gasteiger partial charge >= 0.3 is 0 Å². The molecule has 0 aliphatic heterocycles. The van der Waals surface area contributed by atoms with E-state index >= 15 is 0 Å². The molecular formula is C13H9ClFN3O2S. The van der Waals surface area contributed by atoms with Gasteiger partial charge in [-0.05, 0) is 30.3 Å². The third kappa shape index (κ3) is 3.24. The Morgan fingerprint density at radius 1 is 1.24 bits per heavy atom. The summed E-state index contributed by atoms with van der Waals surface area (Å²) in [6.07, 6.45) is 0. The highest BCUT2D eigenvalue weighted by atomic mass is 35.5. The van der Waals surface area contributed by atoms with Crippen LogP contribution >= 0.6 is 11.6 Å². The summed E-state index contributed by atoms with van der Waals surface area (Å²) in [5.41, 5.74) is 5.75. The van der Waals surface area contributed by atoms with Crippen LogP contribution in [0.25, 0.3) is 0 Å². The number of hydrogen-bond acceptors (Lipinski definition) is 4. The van der Waals surface area contributed by atoms with Crippen LogP contribution in [0.5, 0.6) is 0 Å². The molecule has 0 aliphatic carbocycles. The lowest BCUT2D eigenvalue weighted by Gasteiger charge is -2.11. The molecule has 21 heavy (non-hydrogen) atoms. The van der Waals surface area contributed by atoms with E-state index < -0.39 is 15.8 Å². The van der Waals surface area contributed by atoms with Gasteiger partial charge in [-0.25, -0.2) is 12.8 Å². The van der Waals surface area contributed by atoms with Gasteiger partial charge in [0.1, 0.15) is 11.9 Å². The summed E-state index contributed by atoms with van der Waals surface area (Å²) in [6.45, 7) is 0. The highest BCUT2D eigenvalue weighted by Crippen LogP contribution is 2.25. The van der Waals surface area contributed by atoms with Crippen LogP contribution in [-0.2, 0) is 10.0 Å². The van der Waals surface area contributed by atoms with Crippen molar-refractivity contribution in [1.82, 2.24) is 0 Å². The van der Waals surface area contributed by atoms with E-state index in [2.05, 4.69) is 4.72 Å². The van der Waals surface area contributed by atoms with Gasteiger partial charge in [0.05, 0.1) is 26.9 Å². The Bertz CT molecular complexity index is 847. The first-order valence-corrected chi connectivity index (χ1v) is 7.47. The zero-order valence-electron chi connectivity index (χ0n) is 10.5. The number of nitrogens with two attached hydrogens (primary N) is 1. The largest absolute Gasteiger partial charge is 0.397 e. The Morgan fingerprint density at radius 2 is 1.95 bits per heavy atom. The van der Waals surface area contributed by atoms with Crippen molar-refractivity contribution < 1.29 is 12.8 Å². The highest BCUT2D eigenvalue weighted by molar-refractivity contribution is 7.92. The van der Waals surface area contributed by atoms with E-state index in [9.17, 15) is 12.8 Å². The lowest BCUT2D eigenvalue weighted by atomic mass is 10.2. The summed E-state index contributed by atoms with van der Waals surface area (Å²) in [6, 6.07) is 8.80. The first-order chi connectivity index (χ1) is 9.83. The van der Waals surface area contributed by atoms with Crippen LogP contribution in [0.3, 0.4) is 0 Å². The van der Waals surface area contributed by atoms with Gasteiger partial charge in [0.15, 0.2) is 0 Å². The van der Waals surface area contributed by atoms with Crippen molar-refractivity contribution in [1.29, 1.82) is 5.26 Å². The van der Waals surface area contributed by atoms with E-state index in [0.29, 0.717) is 0 Å². The van der Waals surface area contributed by atoms with Gasteiger partial charge < -0.3 is 5.73 Å². The fourth-order valence-corrected chi connectivity index (χ4v) is 2.97. The van der Waals surface area contributed by atoms with E-state index in [0.717, 1.165) is 18.2 Å². The number of nitrogens with zero attached hydrogens (tertiary/aromatic N) is 1. The molecule has 0 aliphatic rings. The molecule has 2 aromatic rings. The SMILES string of the molecule is N#Cc1ccc(S(=O)(=O)Nc2cc(F)ccc2N)cc1Cl. The maximum absolute atomic E-state index is 13.1. The summed E-state index contributed by atoms with van der Waals surface area (Å²) in [4.78, 5) is -0.157. The first-order valence-electron chi connectivity index (χ1n) is 5.61. The summed E-state index contributed by atoms with van der Waals surface area (Å²) >= 11 is 5.80. The zero-order valence-corrected chi connectivity index (χ0v) is 12.0. The van der Waals surface area contributed by atoms with Crippen molar-refractivity contribution in [3.05, 3.63) is 52.8 Å². The number of sulfonamides is 1. The van der Waals surface area contributed by atoms with Crippen molar-refractivity contribution in [3.63, 3.8) is 0 Å². The van der Waals surface area contributed by atoms with Crippen LogP contribution in [0.4, 0.5) is 15.8 Å². The molecule has 0 heterocycles. The fraction of sp³-hybridized carbons (Fsp3) is 0. The quantitative estimate of drug-likeness (QED) is 0.848. The minimum absolute atomic E-state index is 0.00703. The van der Waals surface area contributed by atoms with E-state index in [-0.39, 0.29) is 26.9 Å². The number of hydrogen-bond donors (Lipinski definition) is 2. The maximum Gasteiger partial charge on any atom is 0.262 e. The number of nitrogen functional groups attached to an aromatic ring is 1. The van der Waals surface area contributed by atoms with Crippen LogP contribution in [0.1, 0.15) is 5.56 Å². The molecule has 0 unspecified atom stereocenters. The molecule has 8 heteroatoms. The summed E-state index contributed by atoms with van der Waals surface area (Å²) in [7, 11) is -3.99. The van der Waals surface area contributed by atoms with Crippen molar-refractivity contribution >= 4 is 33.0 Å². The van der Waals surface area contributed by atoms with E-state index in [1.807, 2.05) is 6.07 Å². The third-order valence-corrected chi connectivity index (χ3v) is 4.31. The molecule has 0 aromatic heterocycles. The molecule has 108 valence electrons. The number of anilines is 2. The van der Waals surface area contributed by atoms with Crippen LogP contribution in [-0.4, -0.2) is 8.42 Å². The Hall–Kier alpha value is -2.30. The molecule has 0 bridgehead atoms. The monoisotopic (exact) mass is 325 g/mol. The Balaban J connectivity index is 2.41. The molecule has 3 N–H and O–H groups in total. The second kappa shape index (κ2) is 5.60. The average molecular weight is 326 g/mol. The summed E-state index contributed by atoms with van der Waals surface area (Å²) in [5, 5.41) is 8.76. The standard InChI is InChI=1S/C13H9ClFN3O2S/c14-11-6-10(3-1-8(11)7-16)21(19,20)18-13-5-9(15)2-4-12(13)17/h1-6,18H,17H2. The smallest absolute Gasteiger partial charge is 0.262 e. The molecule has 5 nitrogen and oxygen atoms in total. The minimum atomic E-state index is -3.99. The zero-order chi connectivity index (χ0) is 15.6. The Morgan fingerprint density at radius 3 is 2.57 bits per heavy atom. The third-order valence-electron chi connectivity index (χ3n) is 2.63. The van der Waals surface area contributed by atoms with Crippen LogP contribution < -0.4 is 10.5 Å². The van der Waals surface area contributed by atoms with Crippen LogP contribution in [0.15, 0.2) is 41.3 Å². The highest BCUT2D eigenvalue weighted by Gasteiger charge is 2.17. The lowest BCUT2D eigenvalue weighted by molar-refractivity contribution is 0.601. The van der Waals surface area contributed by atoms with Gasteiger partial charge in [0, 0.05) is 6.07 Å². The predicted octanol–water partition coefficient (Wildman–Crippen LogP) is 2.73. The second-order valence-corrected chi connectivity index (χ2v) is 6.18. The molecule has 0 radical (unpaired) electrons. The normalized spacial score (nSPS) is 10.9. The van der Waals surface area contributed by atoms with E-state index in [1.165, 1.54) is 18.2 Å². The van der Waals surface area contributed by atoms with Crippen LogP contribution in [0.2, 0.25) is 5.02 Å². The van der Waals surface area contributed by atoms with Crippen LogP contribution in [0, 0.1) is 17.1 Å². The van der Waals surface area contributed by atoms with E-state index in [4.69, 9.17) is 22.6 Å². The summed E-state index contributed by atoms with van der Waals surface area (Å²) in [5.74, 6) is -0.625.